The third-order valence-corrected chi connectivity index (χ3v) is 1.36. The highest BCUT2D eigenvalue weighted by Crippen LogP contribution is 2.06. The highest BCUT2D eigenvalue weighted by Gasteiger charge is 2.17. The lowest BCUT2D eigenvalue weighted by Crippen LogP contribution is -2.40. The molecule has 0 spiro atoms. The number of carboxylic acids is 1. The molecule has 0 rings (SSSR count). The lowest BCUT2D eigenvalue weighted by atomic mass is 10.2. The van der Waals surface area contributed by atoms with Crippen molar-refractivity contribution in [3.63, 3.8) is 0 Å². The number of carboxylic acid groups (broad SMARTS) is 1. The van der Waals surface area contributed by atoms with Crippen molar-refractivity contribution >= 4 is 12.1 Å². The second kappa shape index (κ2) is 6.32. The Balaban J connectivity index is 3.74. The number of hydrogen-bond donors (Lipinski definition) is 2. The summed E-state index contributed by atoms with van der Waals surface area (Å²) < 4.78 is 9.83. The normalized spacial score (nSPS) is 13.0. The zero-order chi connectivity index (χ0) is 12.8. The molecule has 0 aromatic carbocycles. The van der Waals surface area contributed by atoms with E-state index in [0.717, 1.165) is 0 Å². The van der Waals surface area contributed by atoms with Gasteiger partial charge in [-0.25, -0.2) is 9.59 Å². The van der Waals surface area contributed by atoms with Gasteiger partial charge in [-0.2, -0.15) is 0 Å². The smallest absolute Gasteiger partial charge is 0.407 e. The van der Waals surface area contributed by atoms with Crippen LogP contribution in [0.3, 0.4) is 0 Å². The van der Waals surface area contributed by atoms with Crippen LogP contribution in [0.1, 0.15) is 27.7 Å². The summed E-state index contributed by atoms with van der Waals surface area (Å²) in [5, 5.41) is 10.9. The largest absolute Gasteiger partial charge is 0.480 e. The van der Waals surface area contributed by atoms with Gasteiger partial charge in [-0.1, -0.05) is 0 Å². The quantitative estimate of drug-likeness (QED) is 0.740. The fourth-order valence-corrected chi connectivity index (χ4v) is 0.873. The fraction of sp³-hybridized carbons (Fsp3) is 0.800. The first-order valence-corrected chi connectivity index (χ1v) is 5.00. The van der Waals surface area contributed by atoms with E-state index in [1.807, 2.05) is 0 Å². The summed E-state index contributed by atoms with van der Waals surface area (Å²) in [5.41, 5.74) is -0.550. The van der Waals surface area contributed by atoms with Crippen molar-refractivity contribution in [3.8, 4) is 0 Å². The number of amides is 1. The Labute approximate surface area is 94.9 Å². The zero-order valence-corrected chi connectivity index (χ0v) is 10.1. The second-order valence-electron chi connectivity index (χ2n) is 4.46. The molecular weight excluding hydrogens is 214 g/mol. The third kappa shape index (κ3) is 9.26. The van der Waals surface area contributed by atoms with Crippen LogP contribution in [0.2, 0.25) is 0 Å². The molecular formula is C10H19NO5. The van der Waals surface area contributed by atoms with Crippen LogP contribution < -0.4 is 5.32 Å². The molecule has 0 aliphatic carbocycles. The van der Waals surface area contributed by atoms with Gasteiger partial charge in [0.15, 0.2) is 0 Å². The molecule has 1 atom stereocenters. The van der Waals surface area contributed by atoms with Gasteiger partial charge in [0.2, 0.25) is 0 Å². The van der Waals surface area contributed by atoms with Gasteiger partial charge in [-0.05, 0) is 27.7 Å². The molecule has 0 aromatic rings. The standard InChI is InChI=1S/C10H19NO5/c1-7(5-15-6-8(12)13)11-9(14)16-10(2,3)4/h7H,5-6H2,1-4H3,(H,11,14)(H,12,13)/t7-/m1/s1. The van der Waals surface area contributed by atoms with Crippen molar-refractivity contribution in [2.24, 2.45) is 0 Å². The van der Waals surface area contributed by atoms with E-state index in [9.17, 15) is 9.59 Å². The molecule has 0 bridgehead atoms. The molecule has 6 nitrogen and oxygen atoms in total. The summed E-state index contributed by atoms with van der Waals surface area (Å²) >= 11 is 0. The van der Waals surface area contributed by atoms with E-state index >= 15 is 0 Å². The van der Waals surface area contributed by atoms with Crippen LogP contribution in [0.25, 0.3) is 0 Å². The topological polar surface area (TPSA) is 84.9 Å². The first kappa shape index (κ1) is 14.7. The summed E-state index contributed by atoms with van der Waals surface area (Å²) in [4.78, 5) is 21.4. The summed E-state index contributed by atoms with van der Waals surface area (Å²) in [6.45, 7) is 6.74. The Hall–Kier alpha value is -1.30. The van der Waals surface area contributed by atoms with Crippen molar-refractivity contribution in [2.45, 2.75) is 39.3 Å². The zero-order valence-electron chi connectivity index (χ0n) is 10.1. The van der Waals surface area contributed by atoms with Gasteiger partial charge in [0.05, 0.1) is 12.6 Å². The van der Waals surface area contributed by atoms with Crippen molar-refractivity contribution in [3.05, 3.63) is 0 Å². The molecule has 16 heavy (non-hydrogen) atoms. The van der Waals surface area contributed by atoms with E-state index in [-0.39, 0.29) is 19.3 Å². The molecule has 6 heteroatoms. The SMILES string of the molecule is C[C@H](COCC(=O)O)NC(=O)OC(C)(C)C. The molecule has 1 amide bonds. The molecule has 0 unspecified atom stereocenters. The lowest BCUT2D eigenvalue weighted by molar-refractivity contribution is -0.142. The number of carbonyl (C=O) groups is 2. The maximum atomic E-state index is 11.3. The van der Waals surface area contributed by atoms with Crippen LogP contribution in [-0.4, -0.2) is 42.0 Å². The first-order valence-electron chi connectivity index (χ1n) is 5.00. The number of aliphatic carboxylic acids is 1. The summed E-state index contributed by atoms with van der Waals surface area (Å²) in [7, 11) is 0. The van der Waals surface area contributed by atoms with Crippen LogP contribution in [0, 0.1) is 0 Å². The van der Waals surface area contributed by atoms with Crippen LogP contribution in [-0.2, 0) is 14.3 Å². The predicted molar refractivity (Wildman–Crippen MR) is 57.3 cm³/mol. The predicted octanol–water partition coefficient (Wildman–Crippen LogP) is 1.00. The minimum atomic E-state index is -1.04. The minimum Gasteiger partial charge on any atom is -0.480 e. The number of rotatable bonds is 5. The third-order valence-electron chi connectivity index (χ3n) is 1.36. The molecule has 0 aromatic heterocycles. The molecule has 0 radical (unpaired) electrons. The first-order chi connectivity index (χ1) is 7.20. The van der Waals surface area contributed by atoms with E-state index < -0.39 is 17.7 Å². The van der Waals surface area contributed by atoms with Gasteiger partial charge in [0.25, 0.3) is 0 Å². The van der Waals surface area contributed by atoms with E-state index in [0.29, 0.717) is 0 Å². The molecule has 0 aliphatic rings. The summed E-state index contributed by atoms with van der Waals surface area (Å²) in [6, 6.07) is -0.297. The monoisotopic (exact) mass is 233 g/mol. The minimum absolute atomic E-state index is 0.130. The van der Waals surface area contributed by atoms with Crippen LogP contribution in [0.15, 0.2) is 0 Å². The van der Waals surface area contributed by atoms with E-state index in [1.54, 1.807) is 27.7 Å². The Bertz CT molecular complexity index is 246. The number of hydrogen-bond acceptors (Lipinski definition) is 4. The molecule has 94 valence electrons. The summed E-state index contributed by atoms with van der Waals surface area (Å²) in [6.07, 6.45) is -0.543. The van der Waals surface area contributed by atoms with E-state index in [2.05, 4.69) is 5.32 Å². The molecule has 0 heterocycles. The molecule has 0 saturated heterocycles. The van der Waals surface area contributed by atoms with Gasteiger partial charge >= 0.3 is 12.1 Å². The Morgan fingerprint density at radius 2 is 1.94 bits per heavy atom. The lowest BCUT2D eigenvalue weighted by Gasteiger charge is -2.21. The van der Waals surface area contributed by atoms with Gasteiger partial charge in [-0.15, -0.1) is 0 Å². The van der Waals surface area contributed by atoms with Gasteiger partial charge in [0.1, 0.15) is 12.2 Å². The number of alkyl carbamates (subject to hydrolysis) is 1. The number of nitrogens with one attached hydrogen (secondary N) is 1. The second-order valence-corrected chi connectivity index (χ2v) is 4.46. The van der Waals surface area contributed by atoms with Gasteiger partial charge in [-0.3, -0.25) is 0 Å². The summed E-state index contributed by atoms with van der Waals surface area (Å²) in [5.74, 6) is -1.04. The molecule has 0 saturated carbocycles. The number of carbonyl (C=O) groups excluding carboxylic acids is 1. The van der Waals surface area contributed by atoms with Crippen molar-refractivity contribution < 1.29 is 24.2 Å². The molecule has 2 N–H and O–H groups in total. The average molecular weight is 233 g/mol. The Morgan fingerprint density at radius 1 is 1.38 bits per heavy atom. The molecule has 0 aliphatic heterocycles. The Kier molecular flexibility index (Phi) is 5.81. The van der Waals surface area contributed by atoms with Crippen molar-refractivity contribution in [1.29, 1.82) is 0 Å². The fourth-order valence-electron chi connectivity index (χ4n) is 0.873. The average Bonchev–Trinajstić information content (AvgIpc) is 1.98. The van der Waals surface area contributed by atoms with Crippen LogP contribution >= 0.6 is 0 Å². The van der Waals surface area contributed by atoms with Gasteiger partial charge in [0, 0.05) is 0 Å². The number of ether oxygens (including phenoxy) is 2. The van der Waals surface area contributed by atoms with E-state index in [4.69, 9.17) is 14.6 Å². The van der Waals surface area contributed by atoms with Crippen LogP contribution in [0.4, 0.5) is 4.79 Å². The maximum Gasteiger partial charge on any atom is 0.407 e. The molecule has 0 fully saturated rings. The van der Waals surface area contributed by atoms with E-state index in [1.165, 1.54) is 0 Å². The van der Waals surface area contributed by atoms with Crippen molar-refractivity contribution in [2.75, 3.05) is 13.2 Å². The van der Waals surface area contributed by atoms with Crippen LogP contribution in [0.5, 0.6) is 0 Å². The maximum absolute atomic E-state index is 11.3. The van der Waals surface area contributed by atoms with Crippen molar-refractivity contribution in [1.82, 2.24) is 5.32 Å². The van der Waals surface area contributed by atoms with Gasteiger partial charge < -0.3 is 19.9 Å². The highest BCUT2D eigenvalue weighted by molar-refractivity contribution is 5.68. The Morgan fingerprint density at radius 3 is 2.38 bits per heavy atom. The highest BCUT2D eigenvalue weighted by atomic mass is 16.6.